The lowest BCUT2D eigenvalue weighted by molar-refractivity contribution is -0.146. The number of aliphatic hydroxyl groups is 1. The average Bonchev–Trinajstić information content (AvgIpc) is 2.14. The van der Waals surface area contributed by atoms with Crippen LogP contribution in [0, 0.1) is 0 Å². The number of aliphatic carboxylic acids is 1. The third kappa shape index (κ3) is 4.30. The second kappa shape index (κ2) is 5.43. The van der Waals surface area contributed by atoms with E-state index in [4.69, 9.17) is 14.9 Å². The van der Waals surface area contributed by atoms with Gasteiger partial charge in [-0.15, -0.1) is 0 Å². The van der Waals surface area contributed by atoms with Gasteiger partial charge in [-0.05, 0) is 13.8 Å². The summed E-state index contributed by atoms with van der Waals surface area (Å²) in [5.41, 5.74) is -0.303. The molecule has 0 amide bonds. The summed E-state index contributed by atoms with van der Waals surface area (Å²) in [6.45, 7) is 5.83. The van der Waals surface area contributed by atoms with E-state index in [2.05, 4.69) is 4.90 Å². The standard InChI is InChI=1S/C11H19NO4/c1-11(2)8-12(5-3-4-10(14)15)6-9(7-13)16-11/h3-4,9,13H,5-8H2,1-2H3,(H,14,15)/b4-3+. The number of rotatable bonds is 4. The van der Waals surface area contributed by atoms with Crippen molar-refractivity contribution in [3.8, 4) is 0 Å². The maximum atomic E-state index is 10.3. The molecular weight excluding hydrogens is 210 g/mol. The molecule has 1 heterocycles. The van der Waals surface area contributed by atoms with E-state index >= 15 is 0 Å². The molecule has 0 aliphatic carbocycles. The molecule has 1 unspecified atom stereocenters. The van der Waals surface area contributed by atoms with Crippen molar-refractivity contribution in [3.63, 3.8) is 0 Å². The molecule has 0 aromatic heterocycles. The van der Waals surface area contributed by atoms with E-state index in [1.165, 1.54) is 0 Å². The van der Waals surface area contributed by atoms with Crippen LogP contribution in [0.4, 0.5) is 0 Å². The number of hydrogen-bond donors (Lipinski definition) is 2. The van der Waals surface area contributed by atoms with E-state index in [9.17, 15) is 4.79 Å². The average molecular weight is 229 g/mol. The van der Waals surface area contributed by atoms with Crippen molar-refractivity contribution in [2.75, 3.05) is 26.2 Å². The smallest absolute Gasteiger partial charge is 0.328 e. The SMILES string of the molecule is CC1(C)CN(C/C=C/C(=O)O)CC(CO)O1. The third-order valence-electron chi connectivity index (χ3n) is 2.38. The molecule has 0 aromatic carbocycles. The highest BCUT2D eigenvalue weighted by atomic mass is 16.5. The Labute approximate surface area is 95.3 Å². The number of morpholine rings is 1. The molecule has 0 bridgehead atoms. The van der Waals surface area contributed by atoms with Crippen LogP contribution in [0.25, 0.3) is 0 Å². The molecule has 0 aromatic rings. The van der Waals surface area contributed by atoms with Crippen molar-refractivity contribution in [2.45, 2.75) is 25.6 Å². The highest BCUT2D eigenvalue weighted by molar-refractivity contribution is 5.79. The normalized spacial score (nSPS) is 26.1. The molecule has 16 heavy (non-hydrogen) atoms. The monoisotopic (exact) mass is 229 g/mol. The summed E-state index contributed by atoms with van der Waals surface area (Å²) in [5, 5.41) is 17.6. The summed E-state index contributed by atoms with van der Waals surface area (Å²) >= 11 is 0. The van der Waals surface area contributed by atoms with Gasteiger partial charge in [-0.1, -0.05) is 6.08 Å². The minimum Gasteiger partial charge on any atom is -0.478 e. The van der Waals surface area contributed by atoms with Crippen molar-refractivity contribution in [1.29, 1.82) is 0 Å². The molecule has 0 saturated carbocycles. The zero-order valence-corrected chi connectivity index (χ0v) is 9.72. The number of hydrogen-bond acceptors (Lipinski definition) is 4. The van der Waals surface area contributed by atoms with Gasteiger partial charge in [-0.25, -0.2) is 4.79 Å². The van der Waals surface area contributed by atoms with Crippen LogP contribution in [0.2, 0.25) is 0 Å². The molecule has 1 aliphatic heterocycles. The molecule has 5 heteroatoms. The molecule has 5 nitrogen and oxygen atoms in total. The minimum absolute atomic E-state index is 0.0113. The molecule has 1 aliphatic rings. The van der Waals surface area contributed by atoms with Gasteiger partial charge in [0.1, 0.15) is 0 Å². The van der Waals surface area contributed by atoms with Crippen molar-refractivity contribution >= 4 is 5.97 Å². The Morgan fingerprint density at radius 3 is 2.88 bits per heavy atom. The van der Waals surface area contributed by atoms with E-state index < -0.39 is 5.97 Å². The van der Waals surface area contributed by atoms with Gasteiger partial charge in [0.25, 0.3) is 0 Å². The first-order chi connectivity index (χ1) is 7.43. The van der Waals surface area contributed by atoms with Crippen LogP contribution in [0.15, 0.2) is 12.2 Å². The Kier molecular flexibility index (Phi) is 4.46. The van der Waals surface area contributed by atoms with E-state index in [0.717, 1.165) is 12.6 Å². The largest absolute Gasteiger partial charge is 0.478 e. The predicted molar refractivity (Wildman–Crippen MR) is 59.3 cm³/mol. The van der Waals surface area contributed by atoms with Gasteiger partial charge >= 0.3 is 5.97 Å². The van der Waals surface area contributed by atoms with Gasteiger partial charge in [0.05, 0.1) is 18.3 Å². The first-order valence-corrected chi connectivity index (χ1v) is 5.33. The highest BCUT2D eigenvalue weighted by Crippen LogP contribution is 2.20. The number of nitrogens with zero attached hydrogens (tertiary/aromatic N) is 1. The Morgan fingerprint density at radius 1 is 1.62 bits per heavy atom. The number of aliphatic hydroxyl groups excluding tert-OH is 1. The van der Waals surface area contributed by atoms with Gasteiger partial charge in [0, 0.05) is 25.7 Å². The Morgan fingerprint density at radius 2 is 2.31 bits per heavy atom. The molecule has 0 spiro atoms. The van der Waals surface area contributed by atoms with Crippen LogP contribution in [-0.4, -0.2) is 59.0 Å². The van der Waals surface area contributed by atoms with Crippen molar-refractivity contribution < 1.29 is 19.7 Å². The van der Waals surface area contributed by atoms with Crippen molar-refractivity contribution in [3.05, 3.63) is 12.2 Å². The fourth-order valence-electron chi connectivity index (χ4n) is 1.95. The lowest BCUT2D eigenvalue weighted by Crippen LogP contribution is -2.53. The summed E-state index contributed by atoms with van der Waals surface area (Å²) in [6, 6.07) is 0. The Balaban J connectivity index is 2.50. The maximum absolute atomic E-state index is 10.3. The summed E-state index contributed by atoms with van der Waals surface area (Å²) in [5.74, 6) is -0.939. The van der Waals surface area contributed by atoms with Crippen LogP contribution in [0.3, 0.4) is 0 Å². The zero-order chi connectivity index (χ0) is 12.2. The molecular formula is C11H19NO4. The zero-order valence-electron chi connectivity index (χ0n) is 9.72. The van der Waals surface area contributed by atoms with Gasteiger partial charge in [0.15, 0.2) is 0 Å². The van der Waals surface area contributed by atoms with Gasteiger partial charge in [-0.2, -0.15) is 0 Å². The maximum Gasteiger partial charge on any atom is 0.328 e. The predicted octanol–water partition coefficient (Wildman–Crippen LogP) is 0.0989. The van der Waals surface area contributed by atoms with Crippen LogP contribution in [0.5, 0.6) is 0 Å². The number of carboxylic acid groups (broad SMARTS) is 1. The number of carbonyl (C=O) groups is 1. The van der Waals surface area contributed by atoms with Crippen LogP contribution in [0.1, 0.15) is 13.8 Å². The van der Waals surface area contributed by atoms with Gasteiger partial charge in [-0.3, -0.25) is 4.90 Å². The number of carboxylic acids is 1. The summed E-state index contributed by atoms with van der Waals surface area (Å²) in [6.07, 6.45) is 2.55. The van der Waals surface area contributed by atoms with Crippen molar-refractivity contribution in [2.24, 2.45) is 0 Å². The Bertz CT molecular complexity index is 275. The topological polar surface area (TPSA) is 70.0 Å². The lowest BCUT2D eigenvalue weighted by atomic mass is 10.1. The van der Waals surface area contributed by atoms with E-state index in [0.29, 0.717) is 13.1 Å². The van der Waals surface area contributed by atoms with E-state index in [1.807, 2.05) is 13.8 Å². The number of ether oxygens (including phenoxy) is 1. The van der Waals surface area contributed by atoms with Crippen molar-refractivity contribution in [1.82, 2.24) is 4.90 Å². The molecule has 92 valence electrons. The first-order valence-electron chi connectivity index (χ1n) is 5.33. The highest BCUT2D eigenvalue weighted by Gasteiger charge is 2.32. The van der Waals surface area contributed by atoms with Gasteiger partial charge < -0.3 is 14.9 Å². The summed E-state index contributed by atoms with van der Waals surface area (Å²) < 4.78 is 5.65. The van der Waals surface area contributed by atoms with Gasteiger partial charge in [0.2, 0.25) is 0 Å². The van der Waals surface area contributed by atoms with Crippen LogP contribution >= 0.6 is 0 Å². The van der Waals surface area contributed by atoms with E-state index in [1.54, 1.807) is 6.08 Å². The lowest BCUT2D eigenvalue weighted by Gasteiger charge is -2.41. The van der Waals surface area contributed by atoms with Crippen LogP contribution in [-0.2, 0) is 9.53 Å². The molecule has 1 atom stereocenters. The second-order valence-corrected chi connectivity index (χ2v) is 4.62. The van der Waals surface area contributed by atoms with E-state index in [-0.39, 0.29) is 18.3 Å². The third-order valence-corrected chi connectivity index (χ3v) is 2.38. The first kappa shape index (κ1) is 13.2. The molecule has 1 fully saturated rings. The fraction of sp³-hybridized carbons (Fsp3) is 0.727. The quantitative estimate of drug-likeness (QED) is 0.669. The Hall–Kier alpha value is -0.910. The summed E-state index contributed by atoms with van der Waals surface area (Å²) in [4.78, 5) is 12.4. The molecule has 1 rings (SSSR count). The molecule has 2 N–H and O–H groups in total. The molecule has 0 radical (unpaired) electrons. The minimum atomic E-state index is -0.939. The second-order valence-electron chi connectivity index (χ2n) is 4.62. The fourth-order valence-corrected chi connectivity index (χ4v) is 1.95. The van der Waals surface area contributed by atoms with Crippen LogP contribution < -0.4 is 0 Å². The summed E-state index contributed by atoms with van der Waals surface area (Å²) in [7, 11) is 0. The molecule has 1 saturated heterocycles.